The molecule has 4 aliphatic carbocycles. The summed E-state index contributed by atoms with van der Waals surface area (Å²) >= 11 is 0. The summed E-state index contributed by atoms with van der Waals surface area (Å²) in [5.41, 5.74) is 3.13. The minimum absolute atomic E-state index is 0.0458. The van der Waals surface area contributed by atoms with Gasteiger partial charge in [-0.3, -0.25) is 33.7 Å². The van der Waals surface area contributed by atoms with E-state index in [1.807, 2.05) is 0 Å². The lowest BCUT2D eigenvalue weighted by Gasteiger charge is -2.52. The number of rotatable bonds is 5. The summed E-state index contributed by atoms with van der Waals surface area (Å²) in [5.74, 6) is -10.9. The summed E-state index contributed by atoms with van der Waals surface area (Å²) in [6.45, 7) is 0. The number of carbonyl (C=O) groups excluding carboxylic acids is 6. The van der Waals surface area contributed by atoms with Crippen LogP contribution in [-0.4, -0.2) is 75.7 Å². The Morgan fingerprint density at radius 2 is 1.72 bits per heavy atom. The molecule has 1 aromatic rings. The number of amides is 1. The highest BCUT2D eigenvalue weighted by atomic mass is 16.3. The largest absolute Gasteiger partial charge is 0.507 e. The minimum Gasteiger partial charge on any atom is -0.507 e. The minimum atomic E-state index is -2.76. The average Bonchev–Trinajstić information content (AvgIpc) is 2.86. The molecule has 10 nitrogen and oxygen atoms in total. The molecule has 0 spiro atoms. The summed E-state index contributed by atoms with van der Waals surface area (Å²) in [6.07, 6.45) is 5.60. The third kappa shape index (κ3) is 4.07. The van der Waals surface area contributed by atoms with E-state index in [9.17, 15) is 39.0 Å². The Labute approximate surface area is 225 Å². The van der Waals surface area contributed by atoms with Crippen LogP contribution in [0.2, 0.25) is 0 Å². The van der Waals surface area contributed by atoms with Crippen molar-refractivity contribution in [2.75, 3.05) is 14.1 Å². The van der Waals surface area contributed by atoms with E-state index in [0.717, 1.165) is 32.1 Å². The zero-order chi connectivity index (χ0) is 28.4. The first-order chi connectivity index (χ1) is 18.4. The molecule has 6 atom stereocenters. The smallest absolute Gasteiger partial charge is 0.235 e. The lowest BCUT2D eigenvalue weighted by atomic mass is 9.52. The van der Waals surface area contributed by atoms with Gasteiger partial charge in [0.2, 0.25) is 5.91 Å². The van der Waals surface area contributed by atoms with Crippen LogP contribution in [0, 0.1) is 29.6 Å². The molecular formula is C29H34N2O8. The maximum atomic E-state index is 13.9. The Morgan fingerprint density at radius 1 is 1.05 bits per heavy atom. The zero-order valence-corrected chi connectivity index (χ0v) is 22.1. The van der Waals surface area contributed by atoms with Crippen LogP contribution in [0.1, 0.15) is 71.2 Å². The SMILES string of the molecule is CN(C)[C@H]1C(=O)C(C(N)=O)C(=O)[C@]2(O)C(=O)C3C(=O)c4c(O)ccc(C(=O)CC5CCCCC5)c4C[C@@H]3C[C@H]12. The maximum absolute atomic E-state index is 13.9. The number of aromatic hydroxyl groups is 1. The second kappa shape index (κ2) is 9.75. The van der Waals surface area contributed by atoms with E-state index in [1.165, 1.54) is 31.1 Å². The number of nitrogens with zero attached hydrogens (tertiary/aromatic N) is 1. The van der Waals surface area contributed by atoms with Gasteiger partial charge in [0.1, 0.15) is 5.75 Å². The normalized spacial score (nSPS) is 33.0. The highest BCUT2D eigenvalue weighted by molar-refractivity contribution is 6.32. The number of phenols is 1. The number of phenolic OH excluding ortho intramolecular Hbond substituents is 1. The number of ketones is 5. The van der Waals surface area contributed by atoms with Gasteiger partial charge in [0.15, 0.2) is 40.4 Å². The number of primary amides is 1. The highest BCUT2D eigenvalue weighted by Gasteiger charge is 2.69. The molecule has 3 saturated carbocycles. The number of benzene rings is 1. The molecule has 4 N–H and O–H groups in total. The lowest BCUT2D eigenvalue weighted by molar-refractivity contribution is -0.181. The van der Waals surface area contributed by atoms with Crippen LogP contribution < -0.4 is 5.73 Å². The molecule has 0 aliphatic heterocycles. The monoisotopic (exact) mass is 538 g/mol. The molecule has 2 unspecified atom stereocenters. The van der Waals surface area contributed by atoms with Gasteiger partial charge in [-0.25, -0.2) is 0 Å². The highest BCUT2D eigenvalue weighted by Crippen LogP contribution is 2.51. The van der Waals surface area contributed by atoms with Crippen LogP contribution >= 0.6 is 0 Å². The summed E-state index contributed by atoms with van der Waals surface area (Å²) < 4.78 is 0. The van der Waals surface area contributed by atoms with Crippen molar-refractivity contribution >= 4 is 34.8 Å². The zero-order valence-electron chi connectivity index (χ0n) is 22.1. The van der Waals surface area contributed by atoms with Crippen molar-refractivity contribution in [1.29, 1.82) is 0 Å². The van der Waals surface area contributed by atoms with Gasteiger partial charge in [0, 0.05) is 17.9 Å². The van der Waals surface area contributed by atoms with Crippen LogP contribution in [0.5, 0.6) is 5.75 Å². The molecule has 3 fully saturated rings. The number of likely N-dealkylation sites (N-methyl/N-ethyl adjacent to an activating group) is 1. The molecular weight excluding hydrogens is 504 g/mol. The lowest BCUT2D eigenvalue weighted by Crippen LogP contribution is -2.74. The molecule has 208 valence electrons. The van der Waals surface area contributed by atoms with Crippen molar-refractivity contribution in [3.05, 3.63) is 28.8 Å². The second-order valence-corrected chi connectivity index (χ2v) is 11.9. The van der Waals surface area contributed by atoms with Crippen molar-refractivity contribution in [3.63, 3.8) is 0 Å². The van der Waals surface area contributed by atoms with Crippen molar-refractivity contribution in [3.8, 4) is 5.75 Å². The Bertz CT molecular complexity index is 1300. The third-order valence-electron chi connectivity index (χ3n) is 9.44. The predicted octanol–water partition coefficient (Wildman–Crippen LogP) is 1.02. The fourth-order valence-corrected chi connectivity index (χ4v) is 7.63. The number of hydrogen-bond donors (Lipinski definition) is 3. The number of fused-ring (bicyclic) bond motifs is 3. The standard InChI is InChI=1S/C29H34N2O8/c1-31(2)23-17-12-14-11-16-15(19(33)10-13-6-4-3-5-7-13)8-9-18(32)21(16)24(34)20(14)26(36)29(17,39)27(37)22(25(23)35)28(30)38/h8-9,13-14,17,20,22-23,32,39H,3-7,10-12H2,1-2H3,(H2,30,38)/t14-,17-,20?,22?,23-,29-/m1/s1. The van der Waals surface area contributed by atoms with E-state index in [1.54, 1.807) is 0 Å². The molecule has 0 heterocycles. The van der Waals surface area contributed by atoms with E-state index < -0.39 is 64.4 Å². The molecule has 5 rings (SSSR count). The fourth-order valence-electron chi connectivity index (χ4n) is 7.63. The third-order valence-corrected chi connectivity index (χ3v) is 9.44. The first-order valence-electron chi connectivity index (χ1n) is 13.6. The predicted molar refractivity (Wildman–Crippen MR) is 137 cm³/mol. The fraction of sp³-hybridized carbons (Fsp3) is 0.586. The van der Waals surface area contributed by atoms with Crippen molar-refractivity contribution in [2.45, 2.75) is 63.0 Å². The van der Waals surface area contributed by atoms with Crippen LogP contribution in [-0.2, 0) is 25.6 Å². The number of Topliss-reactive ketones (excluding diaryl/α,β-unsaturated/α-hetero) is 5. The van der Waals surface area contributed by atoms with E-state index in [-0.39, 0.29) is 35.9 Å². The molecule has 4 aliphatic rings. The molecule has 0 bridgehead atoms. The van der Waals surface area contributed by atoms with Gasteiger partial charge < -0.3 is 15.9 Å². The van der Waals surface area contributed by atoms with Gasteiger partial charge in [0.05, 0.1) is 17.5 Å². The van der Waals surface area contributed by atoms with E-state index >= 15 is 0 Å². The van der Waals surface area contributed by atoms with Crippen LogP contribution in [0.3, 0.4) is 0 Å². The molecule has 0 radical (unpaired) electrons. The van der Waals surface area contributed by atoms with Gasteiger partial charge in [-0.15, -0.1) is 0 Å². The van der Waals surface area contributed by atoms with Crippen molar-refractivity contribution in [1.82, 2.24) is 4.90 Å². The number of nitrogens with two attached hydrogens (primary N) is 1. The topological polar surface area (TPSA) is 172 Å². The molecule has 1 aromatic carbocycles. The van der Waals surface area contributed by atoms with E-state index in [2.05, 4.69) is 0 Å². The quantitative estimate of drug-likeness (QED) is 0.365. The van der Waals surface area contributed by atoms with E-state index in [0.29, 0.717) is 17.5 Å². The van der Waals surface area contributed by atoms with Gasteiger partial charge in [-0.1, -0.05) is 32.1 Å². The number of hydrogen-bond acceptors (Lipinski definition) is 9. The Hall–Kier alpha value is -3.24. The molecule has 1 amide bonds. The summed E-state index contributed by atoms with van der Waals surface area (Å²) in [7, 11) is 3.07. The van der Waals surface area contributed by atoms with E-state index in [4.69, 9.17) is 5.73 Å². The van der Waals surface area contributed by atoms with Crippen LogP contribution in [0.15, 0.2) is 12.1 Å². The van der Waals surface area contributed by atoms with Crippen molar-refractivity contribution in [2.24, 2.45) is 35.3 Å². The van der Waals surface area contributed by atoms with Crippen molar-refractivity contribution < 1.29 is 39.0 Å². The maximum Gasteiger partial charge on any atom is 0.235 e. The second-order valence-electron chi connectivity index (χ2n) is 11.9. The molecule has 10 heteroatoms. The average molecular weight is 539 g/mol. The molecule has 39 heavy (non-hydrogen) atoms. The molecule has 0 saturated heterocycles. The Balaban J connectivity index is 1.56. The van der Waals surface area contributed by atoms with Gasteiger partial charge in [-0.2, -0.15) is 0 Å². The van der Waals surface area contributed by atoms with Gasteiger partial charge >= 0.3 is 0 Å². The van der Waals surface area contributed by atoms with Gasteiger partial charge in [0.25, 0.3) is 0 Å². The Kier molecular flexibility index (Phi) is 6.83. The number of carbonyl (C=O) groups is 6. The van der Waals surface area contributed by atoms with Crippen LogP contribution in [0.25, 0.3) is 0 Å². The number of aliphatic hydroxyl groups is 1. The van der Waals surface area contributed by atoms with Gasteiger partial charge in [-0.05, 0) is 56.5 Å². The van der Waals surface area contributed by atoms with Crippen LogP contribution in [0.4, 0.5) is 0 Å². The Morgan fingerprint density at radius 3 is 2.33 bits per heavy atom. The first-order valence-corrected chi connectivity index (χ1v) is 13.6. The summed E-state index contributed by atoms with van der Waals surface area (Å²) in [5, 5.41) is 22.3. The summed E-state index contributed by atoms with van der Waals surface area (Å²) in [4.78, 5) is 81.1. The first kappa shape index (κ1) is 27.3. The molecule has 0 aromatic heterocycles. The summed E-state index contributed by atoms with van der Waals surface area (Å²) in [6, 6.07) is 1.62.